The van der Waals surface area contributed by atoms with Gasteiger partial charge in [-0.1, -0.05) is 34.5 Å². The highest BCUT2D eigenvalue weighted by Gasteiger charge is 2.12. The number of carbonyl (C=O) groups excluding carboxylic acids is 1. The number of carbonyl (C=O) groups is 1. The Labute approximate surface area is 117 Å². The summed E-state index contributed by atoms with van der Waals surface area (Å²) in [4.78, 5) is 16.2. The number of anilines is 1. The molecule has 0 saturated heterocycles. The van der Waals surface area contributed by atoms with E-state index in [0.29, 0.717) is 20.6 Å². The summed E-state index contributed by atoms with van der Waals surface area (Å²) in [7, 11) is 0. The van der Waals surface area contributed by atoms with Gasteiger partial charge in [0.05, 0.1) is 16.8 Å². The zero-order chi connectivity index (χ0) is 13.1. The van der Waals surface area contributed by atoms with Crippen molar-refractivity contribution >= 4 is 45.6 Å². The predicted molar refractivity (Wildman–Crippen MR) is 71.2 cm³/mol. The Balaban J connectivity index is 2.19. The van der Waals surface area contributed by atoms with Crippen LogP contribution in [0.3, 0.4) is 0 Å². The van der Waals surface area contributed by atoms with Crippen molar-refractivity contribution in [2.45, 2.75) is 0 Å². The largest absolute Gasteiger partial charge is 0.298 e. The summed E-state index contributed by atoms with van der Waals surface area (Å²) in [5.41, 5.74) is 0.301. The second-order valence-electron chi connectivity index (χ2n) is 3.22. The van der Waals surface area contributed by atoms with Crippen LogP contribution in [0.5, 0.6) is 0 Å². The van der Waals surface area contributed by atoms with Crippen LogP contribution in [0.25, 0.3) is 0 Å². The van der Waals surface area contributed by atoms with Gasteiger partial charge in [0.25, 0.3) is 5.91 Å². The van der Waals surface area contributed by atoms with Crippen molar-refractivity contribution in [3.05, 3.63) is 44.9 Å². The molecule has 90 valence electrons. The molecule has 0 aliphatic carbocycles. The van der Waals surface area contributed by atoms with Gasteiger partial charge in [-0.25, -0.2) is 4.98 Å². The second-order valence-corrected chi connectivity index (χ2v) is 5.09. The lowest BCUT2D eigenvalue weighted by Crippen LogP contribution is -2.12. The number of halogens is 2. The van der Waals surface area contributed by atoms with Gasteiger partial charge in [0.1, 0.15) is 10.9 Å². The van der Waals surface area contributed by atoms with E-state index in [1.807, 2.05) is 6.07 Å². The van der Waals surface area contributed by atoms with E-state index in [1.165, 1.54) is 18.3 Å². The fourth-order valence-electron chi connectivity index (χ4n) is 1.22. The maximum Gasteiger partial charge on any atom is 0.258 e. The third-order valence-corrected chi connectivity index (χ3v) is 3.38. The highest BCUT2D eigenvalue weighted by Crippen LogP contribution is 2.23. The van der Waals surface area contributed by atoms with E-state index in [1.54, 1.807) is 6.07 Å². The Bertz CT molecular complexity index is 648. The Hall–Kier alpha value is -1.61. The van der Waals surface area contributed by atoms with Crippen LogP contribution in [0.2, 0.25) is 10.0 Å². The molecule has 18 heavy (non-hydrogen) atoms. The van der Waals surface area contributed by atoms with Gasteiger partial charge in [-0.3, -0.25) is 10.1 Å². The van der Waals surface area contributed by atoms with Gasteiger partial charge in [-0.15, -0.1) is 0 Å². The maximum atomic E-state index is 11.9. The van der Waals surface area contributed by atoms with Gasteiger partial charge >= 0.3 is 0 Å². The number of aromatic nitrogens is 1. The maximum absolute atomic E-state index is 11.9. The molecule has 0 aliphatic rings. The number of nitrogens with zero attached hydrogens (tertiary/aromatic N) is 2. The van der Waals surface area contributed by atoms with Gasteiger partial charge in [0.2, 0.25) is 0 Å². The normalized spacial score (nSPS) is 9.83. The summed E-state index contributed by atoms with van der Waals surface area (Å²) < 4.78 is 0. The minimum Gasteiger partial charge on any atom is -0.298 e. The van der Waals surface area contributed by atoms with E-state index >= 15 is 0 Å². The molecule has 0 spiro atoms. The van der Waals surface area contributed by atoms with Crippen molar-refractivity contribution in [2.24, 2.45) is 0 Å². The van der Waals surface area contributed by atoms with Crippen LogP contribution in [0.15, 0.2) is 24.4 Å². The lowest BCUT2D eigenvalue weighted by atomic mass is 10.2. The number of nitriles is 1. The Morgan fingerprint density at radius 2 is 2.22 bits per heavy atom. The van der Waals surface area contributed by atoms with Gasteiger partial charge in [0.15, 0.2) is 5.13 Å². The SMILES string of the molecule is N#Cc1cnc(NC(=O)c2ccc(Cl)cc2Cl)s1. The van der Waals surface area contributed by atoms with E-state index in [2.05, 4.69) is 10.3 Å². The summed E-state index contributed by atoms with van der Waals surface area (Å²) in [5.74, 6) is -0.393. The molecule has 2 aromatic rings. The van der Waals surface area contributed by atoms with Crippen molar-refractivity contribution in [2.75, 3.05) is 5.32 Å². The summed E-state index contributed by atoms with van der Waals surface area (Å²) in [6.07, 6.45) is 1.39. The molecular formula is C11H5Cl2N3OS. The zero-order valence-corrected chi connectivity index (χ0v) is 11.1. The van der Waals surface area contributed by atoms with Gasteiger partial charge in [-0.05, 0) is 18.2 Å². The zero-order valence-electron chi connectivity index (χ0n) is 8.78. The van der Waals surface area contributed by atoms with Crippen LogP contribution < -0.4 is 5.32 Å². The van der Waals surface area contributed by atoms with E-state index in [9.17, 15) is 4.79 Å². The van der Waals surface area contributed by atoms with Crippen LogP contribution in [0.1, 0.15) is 15.2 Å². The molecule has 1 N–H and O–H groups in total. The van der Waals surface area contributed by atoms with Gasteiger partial charge < -0.3 is 0 Å². The standard InChI is InChI=1S/C11H5Cl2N3OS/c12-6-1-2-8(9(13)3-6)10(17)16-11-15-5-7(4-14)18-11/h1-3,5H,(H,15,16,17). The molecular weight excluding hydrogens is 293 g/mol. The van der Waals surface area contributed by atoms with E-state index in [-0.39, 0.29) is 5.02 Å². The van der Waals surface area contributed by atoms with E-state index in [0.717, 1.165) is 11.3 Å². The number of hydrogen-bond acceptors (Lipinski definition) is 4. The Kier molecular flexibility index (Phi) is 3.82. The van der Waals surface area contributed by atoms with Crippen LogP contribution >= 0.6 is 34.5 Å². The smallest absolute Gasteiger partial charge is 0.258 e. The van der Waals surface area contributed by atoms with Crippen LogP contribution in [0, 0.1) is 11.3 Å². The molecule has 0 atom stereocenters. The summed E-state index contributed by atoms with van der Waals surface area (Å²) in [6, 6.07) is 6.53. The first-order chi connectivity index (χ1) is 8.60. The fraction of sp³-hybridized carbons (Fsp3) is 0. The van der Waals surface area contributed by atoms with Crippen LogP contribution in [-0.4, -0.2) is 10.9 Å². The summed E-state index contributed by atoms with van der Waals surface area (Å²) in [5, 5.41) is 12.3. The van der Waals surface area contributed by atoms with Crippen molar-refractivity contribution in [1.82, 2.24) is 4.98 Å². The highest BCUT2D eigenvalue weighted by atomic mass is 35.5. The molecule has 0 fully saturated rings. The van der Waals surface area contributed by atoms with E-state index in [4.69, 9.17) is 28.5 Å². The van der Waals surface area contributed by atoms with Crippen molar-refractivity contribution < 1.29 is 4.79 Å². The highest BCUT2D eigenvalue weighted by molar-refractivity contribution is 7.16. The monoisotopic (exact) mass is 297 g/mol. The lowest BCUT2D eigenvalue weighted by Gasteiger charge is -2.03. The molecule has 0 saturated carbocycles. The first kappa shape index (κ1) is 12.8. The van der Waals surface area contributed by atoms with E-state index < -0.39 is 5.91 Å². The number of benzene rings is 1. The molecule has 0 bridgehead atoms. The van der Waals surface area contributed by atoms with Crippen molar-refractivity contribution in [3.63, 3.8) is 0 Å². The topological polar surface area (TPSA) is 65.8 Å². The third-order valence-electron chi connectivity index (χ3n) is 2.01. The van der Waals surface area contributed by atoms with Crippen LogP contribution in [0.4, 0.5) is 5.13 Å². The van der Waals surface area contributed by atoms with Crippen LogP contribution in [-0.2, 0) is 0 Å². The predicted octanol–water partition coefficient (Wildman–Crippen LogP) is 3.57. The Morgan fingerprint density at radius 1 is 1.44 bits per heavy atom. The third kappa shape index (κ3) is 2.79. The molecule has 1 amide bonds. The molecule has 1 aromatic carbocycles. The average molecular weight is 298 g/mol. The molecule has 4 nitrogen and oxygen atoms in total. The Morgan fingerprint density at radius 3 is 2.83 bits per heavy atom. The minimum atomic E-state index is -0.393. The first-order valence-electron chi connectivity index (χ1n) is 4.72. The number of thiazole rings is 1. The summed E-state index contributed by atoms with van der Waals surface area (Å²) >= 11 is 12.7. The summed E-state index contributed by atoms with van der Waals surface area (Å²) in [6.45, 7) is 0. The number of hydrogen-bond donors (Lipinski definition) is 1. The molecule has 0 unspecified atom stereocenters. The number of amides is 1. The molecule has 7 heteroatoms. The second kappa shape index (κ2) is 5.36. The molecule has 2 rings (SSSR count). The van der Waals surface area contributed by atoms with Crippen molar-refractivity contribution in [1.29, 1.82) is 5.26 Å². The quantitative estimate of drug-likeness (QED) is 0.921. The number of rotatable bonds is 2. The fourth-order valence-corrected chi connectivity index (χ4v) is 2.32. The molecule has 1 heterocycles. The minimum absolute atomic E-state index is 0.261. The van der Waals surface area contributed by atoms with Gasteiger partial charge in [0, 0.05) is 5.02 Å². The molecule has 1 aromatic heterocycles. The van der Waals surface area contributed by atoms with Crippen molar-refractivity contribution in [3.8, 4) is 6.07 Å². The first-order valence-corrected chi connectivity index (χ1v) is 6.29. The average Bonchev–Trinajstić information content (AvgIpc) is 2.76. The number of nitrogens with one attached hydrogen (secondary N) is 1. The van der Waals surface area contributed by atoms with Gasteiger partial charge in [-0.2, -0.15) is 5.26 Å². The molecule has 0 radical (unpaired) electrons. The lowest BCUT2D eigenvalue weighted by molar-refractivity contribution is 0.102. The molecule has 0 aliphatic heterocycles.